The van der Waals surface area contributed by atoms with Gasteiger partial charge < -0.3 is 9.84 Å². The summed E-state index contributed by atoms with van der Waals surface area (Å²) in [6.07, 6.45) is -3.16. The quantitative estimate of drug-likeness (QED) is 0.709. The van der Waals surface area contributed by atoms with Crippen LogP contribution in [0.2, 0.25) is 0 Å². The normalized spacial score (nSPS) is 14.4. The molecule has 1 aromatic carbocycles. The first-order valence-corrected chi connectivity index (χ1v) is 8.63. The van der Waals surface area contributed by atoms with Gasteiger partial charge in [0.15, 0.2) is 5.65 Å². The van der Waals surface area contributed by atoms with Crippen LogP contribution in [0.15, 0.2) is 30.3 Å². The molecule has 2 heterocycles. The molecule has 0 amide bonds. The standard InChI is InChI=1S/C19H16F3N3O3/c1-28-12-6-4-10(5-7-12)14-8-13(19(20,21)22)16-17(11-2-3-11)24-25(9-15(26)27)18(16)23-14/h4-8,11H,2-3,9H2,1H3,(H,26,27). The van der Waals surface area contributed by atoms with Gasteiger partial charge in [-0.15, -0.1) is 0 Å². The van der Waals surface area contributed by atoms with Crippen LogP contribution in [-0.4, -0.2) is 33.0 Å². The van der Waals surface area contributed by atoms with Crippen LogP contribution in [0.5, 0.6) is 5.75 Å². The Morgan fingerprint density at radius 3 is 2.50 bits per heavy atom. The fourth-order valence-corrected chi connectivity index (χ4v) is 3.21. The minimum Gasteiger partial charge on any atom is -0.497 e. The number of hydrogen-bond acceptors (Lipinski definition) is 4. The third-order valence-electron chi connectivity index (χ3n) is 4.67. The number of benzene rings is 1. The van der Waals surface area contributed by atoms with Crippen LogP contribution in [0.4, 0.5) is 13.2 Å². The first-order valence-electron chi connectivity index (χ1n) is 8.63. The van der Waals surface area contributed by atoms with Gasteiger partial charge in [-0.05, 0) is 43.2 Å². The van der Waals surface area contributed by atoms with Gasteiger partial charge in [-0.3, -0.25) is 4.79 Å². The zero-order valence-electron chi connectivity index (χ0n) is 14.8. The number of rotatable bonds is 5. The number of fused-ring (bicyclic) bond motifs is 1. The number of methoxy groups -OCH3 is 1. The molecule has 28 heavy (non-hydrogen) atoms. The number of nitrogens with zero attached hydrogens (tertiary/aromatic N) is 3. The summed E-state index contributed by atoms with van der Waals surface area (Å²) >= 11 is 0. The van der Waals surface area contributed by atoms with E-state index in [9.17, 15) is 18.0 Å². The molecule has 1 saturated carbocycles. The number of carboxylic acid groups (broad SMARTS) is 1. The van der Waals surface area contributed by atoms with Crippen molar-refractivity contribution in [3.63, 3.8) is 0 Å². The Labute approximate surface area is 157 Å². The zero-order valence-corrected chi connectivity index (χ0v) is 14.8. The predicted octanol–water partition coefficient (Wildman–Crippen LogP) is 4.09. The van der Waals surface area contributed by atoms with E-state index in [1.807, 2.05) is 0 Å². The van der Waals surface area contributed by atoms with Gasteiger partial charge >= 0.3 is 12.1 Å². The number of pyridine rings is 1. The molecule has 0 unspecified atom stereocenters. The zero-order chi connectivity index (χ0) is 20.1. The number of hydrogen-bond donors (Lipinski definition) is 1. The smallest absolute Gasteiger partial charge is 0.417 e. The highest BCUT2D eigenvalue weighted by atomic mass is 19.4. The van der Waals surface area contributed by atoms with Crippen molar-refractivity contribution in [1.82, 2.24) is 14.8 Å². The van der Waals surface area contributed by atoms with Crippen molar-refractivity contribution in [2.45, 2.75) is 31.5 Å². The Morgan fingerprint density at radius 1 is 1.29 bits per heavy atom. The van der Waals surface area contributed by atoms with Crippen molar-refractivity contribution in [3.05, 3.63) is 41.6 Å². The minimum atomic E-state index is -4.62. The summed E-state index contributed by atoms with van der Waals surface area (Å²) in [4.78, 5) is 15.5. The molecule has 1 fully saturated rings. The van der Waals surface area contributed by atoms with Gasteiger partial charge in [0.25, 0.3) is 0 Å². The highest BCUT2D eigenvalue weighted by Crippen LogP contribution is 2.46. The molecule has 1 aliphatic carbocycles. The average molecular weight is 391 g/mol. The molecule has 0 aliphatic heterocycles. The highest BCUT2D eigenvalue weighted by Gasteiger charge is 2.39. The topological polar surface area (TPSA) is 77.2 Å². The van der Waals surface area contributed by atoms with Gasteiger partial charge in [0, 0.05) is 11.5 Å². The SMILES string of the molecule is COc1ccc(-c2cc(C(F)(F)F)c3c(C4CC4)nn(CC(=O)O)c3n2)cc1. The third kappa shape index (κ3) is 3.28. The number of alkyl halides is 3. The fourth-order valence-electron chi connectivity index (χ4n) is 3.21. The molecule has 0 radical (unpaired) electrons. The molecule has 0 saturated heterocycles. The molecule has 1 aliphatic rings. The molecular formula is C19H16F3N3O3. The largest absolute Gasteiger partial charge is 0.497 e. The summed E-state index contributed by atoms with van der Waals surface area (Å²) in [5.74, 6) is -0.725. The van der Waals surface area contributed by atoms with E-state index in [4.69, 9.17) is 9.84 Å². The van der Waals surface area contributed by atoms with Gasteiger partial charge in [0.05, 0.1) is 29.4 Å². The number of carboxylic acids is 1. The van der Waals surface area contributed by atoms with Gasteiger partial charge in [0.1, 0.15) is 12.3 Å². The summed E-state index contributed by atoms with van der Waals surface area (Å²) in [6.45, 7) is -0.556. The van der Waals surface area contributed by atoms with Crippen molar-refractivity contribution in [3.8, 4) is 17.0 Å². The lowest BCUT2D eigenvalue weighted by atomic mass is 10.0. The van der Waals surface area contributed by atoms with Crippen molar-refractivity contribution >= 4 is 17.0 Å². The van der Waals surface area contributed by atoms with Crippen molar-refractivity contribution in [2.75, 3.05) is 7.11 Å². The molecular weight excluding hydrogens is 375 g/mol. The first-order chi connectivity index (χ1) is 13.3. The lowest BCUT2D eigenvalue weighted by Gasteiger charge is -2.12. The number of ether oxygens (including phenoxy) is 1. The van der Waals surface area contributed by atoms with Crippen LogP contribution in [0.3, 0.4) is 0 Å². The molecule has 9 heteroatoms. The monoisotopic (exact) mass is 391 g/mol. The number of aliphatic carboxylic acids is 1. The summed E-state index contributed by atoms with van der Waals surface area (Å²) in [7, 11) is 1.49. The average Bonchev–Trinajstić information content (AvgIpc) is 3.43. The molecule has 1 N–H and O–H groups in total. The fraction of sp³-hybridized carbons (Fsp3) is 0.316. The molecule has 2 aromatic heterocycles. The second kappa shape index (κ2) is 6.50. The lowest BCUT2D eigenvalue weighted by Crippen LogP contribution is -2.12. The predicted molar refractivity (Wildman–Crippen MR) is 94.1 cm³/mol. The van der Waals surface area contributed by atoms with Gasteiger partial charge in [-0.25, -0.2) is 9.67 Å². The van der Waals surface area contributed by atoms with E-state index in [-0.39, 0.29) is 28.3 Å². The molecule has 4 rings (SSSR count). The van der Waals surface area contributed by atoms with Gasteiger partial charge in [0.2, 0.25) is 0 Å². The summed E-state index contributed by atoms with van der Waals surface area (Å²) < 4.78 is 47.7. The molecule has 146 valence electrons. The van der Waals surface area contributed by atoms with E-state index in [1.54, 1.807) is 24.3 Å². The second-order valence-electron chi connectivity index (χ2n) is 6.69. The van der Waals surface area contributed by atoms with Crippen LogP contribution >= 0.6 is 0 Å². The second-order valence-corrected chi connectivity index (χ2v) is 6.69. The molecule has 0 atom stereocenters. The van der Waals surface area contributed by atoms with E-state index >= 15 is 0 Å². The summed E-state index contributed by atoms with van der Waals surface area (Å²) in [6, 6.07) is 7.46. The molecule has 6 nitrogen and oxygen atoms in total. The van der Waals surface area contributed by atoms with Crippen LogP contribution in [0, 0.1) is 0 Å². The lowest BCUT2D eigenvalue weighted by molar-refractivity contribution is -0.138. The van der Waals surface area contributed by atoms with Gasteiger partial charge in [-0.1, -0.05) is 0 Å². The maximum Gasteiger partial charge on any atom is 0.417 e. The summed E-state index contributed by atoms with van der Waals surface area (Å²) in [5, 5.41) is 13.2. The van der Waals surface area contributed by atoms with Crippen molar-refractivity contribution < 1.29 is 27.8 Å². The maximum absolute atomic E-state index is 13.9. The summed E-state index contributed by atoms with van der Waals surface area (Å²) in [5.41, 5.74) is -0.0789. The number of halogens is 3. The maximum atomic E-state index is 13.9. The van der Waals surface area contributed by atoms with Gasteiger partial charge in [-0.2, -0.15) is 18.3 Å². The minimum absolute atomic E-state index is 0.0649. The van der Waals surface area contributed by atoms with E-state index < -0.39 is 24.3 Å². The van der Waals surface area contributed by atoms with Crippen LogP contribution in [0.25, 0.3) is 22.3 Å². The van der Waals surface area contributed by atoms with Crippen molar-refractivity contribution in [2.24, 2.45) is 0 Å². The molecule has 0 spiro atoms. The van der Waals surface area contributed by atoms with E-state index in [0.717, 1.165) is 23.6 Å². The van der Waals surface area contributed by atoms with E-state index in [0.29, 0.717) is 11.3 Å². The Bertz CT molecular complexity index is 1050. The van der Waals surface area contributed by atoms with E-state index in [1.165, 1.54) is 7.11 Å². The first kappa shape index (κ1) is 18.3. The van der Waals surface area contributed by atoms with E-state index in [2.05, 4.69) is 10.1 Å². The molecule has 3 aromatic rings. The van der Waals surface area contributed by atoms with Crippen LogP contribution < -0.4 is 4.74 Å². The Balaban J connectivity index is 1.98. The Morgan fingerprint density at radius 2 is 1.96 bits per heavy atom. The Hall–Kier alpha value is -3.10. The number of aromatic nitrogens is 3. The van der Waals surface area contributed by atoms with Crippen LogP contribution in [-0.2, 0) is 17.5 Å². The molecule has 0 bridgehead atoms. The third-order valence-corrected chi connectivity index (χ3v) is 4.67. The highest BCUT2D eigenvalue weighted by molar-refractivity contribution is 5.87. The van der Waals surface area contributed by atoms with Crippen molar-refractivity contribution in [1.29, 1.82) is 0 Å². The van der Waals surface area contributed by atoms with Crippen LogP contribution in [0.1, 0.15) is 30.0 Å². The number of carbonyl (C=O) groups is 1. The Kier molecular flexibility index (Phi) is 4.24.